The van der Waals surface area contributed by atoms with Gasteiger partial charge in [0.2, 0.25) is 0 Å². The smallest absolute Gasteiger partial charge is 0.335 e. The highest BCUT2D eigenvalue weighted by Crippen LogP contribution is 2.09. The summed E-state index contributed by atoms with van der Waals surface area (Å²) in [5, 5.41) is 8.66. The summed E-state index contributed by atoms with van der Waals surface area (Å²) in [6, 6.07) is 0. The van der Waals surface area contributed by atoms with Gasteiger partial charge in [-0.2, -0.15) is 0 Å². The van der Waals surface area contributed by atoms with Crippen LogP contribution in [0.4, 0.5) is 0 Å². The topological polar surface area (TPSA) is 37.3 Å². The Hall–Kier alpha value is -1.31. The lowest BCUT2D eigenvalue weighted by Gasteiger charge is -1.99. The van der Waals surface area contributed by atoms with E-state index in [-0.39, 0.29) is 5.57 Å². The fourth-order valence-corrected chi connectivity index (χ4v) is 1.01. The van der Waals surface area contributed by atoms with Crippen LogP contribution in [0.3, 0.4) is 0 Å². The molecule has 0 bridgehead atoms. The van der Waals surface area contributed by atoms with Crippen molar-refractivity contribution < 1.29 is 9.90 Å². The van der Waals surface area contributed by atoms with Crippen LogP contribution in [0.25, 0.3) is 0 Å². The van der Waals surface area contributed by atoms with E-state index in [2.05, 4.69) is 13.5 Å². The summed E-state index contributed by atoms with van der Waals surface area (Å²) >= 11 is 0. The second-order valence-corrected chi connectivity index (χ2v) is 3.40. The van der Waals surface area contributed by atoms with Crippen molar-refractivity contribution >= 4 is 5.97 Å². The Morgan fingerprint density at radius 3 is 2.36 bits per heavy atom. The quantitative estimate of drug-likeness (QED) is 0.538. The highest BCUT2D eigenvalue weighted by atomic mass is 16.4. The van der Waals surface area contributed by atoms with Crippen molar-refractivity contribution in [1.82, 2.24) is 0 Å². The Bertz CT molecular complexity index is 283. The molecule has 0 aromatic carbocycles. The van der Waals surface area contributed by atoms with E-state index in [1.54, 1.807) is 13.0 Å². The molecule has 14 heavy (non-hydrogen) atoms. The average Bonchev–Trinajstić information content (AvgIpc) is 2.13. The molecule has 2 heteroatoms. The molecule has 0 aromatic rings. The van der Waals surface area contributed by atoms with E-state index in [0.717, 1.165) is 12.8 Å². The van der Waals surface area contributed by atoms with Gasteiger partial charge in [-0.25, -0.2) is 4.79 Å². The fourth-order valence-electron chi connectivity index (χ4n) is 1.01. The van der Waals surface area contributed by atoms with Crippen LogP contribution in [0, 0.1) is 0 Å². The zero-order valence-electron chi connectivity index (χ0n) is 9.13. The molecule has 1 N–H and O–H groups in total. The molecule has 0 aromatic heterocycles. The number of carboxylic acids is 1. The first kappa shape index (κ1) is 12.7. The number of hydrogen-bond acceptors (Lipinski definition) is 1. The number of aliphatic carboxylic acids is 1. The van der Waals surface area contributed by atoms with Gasteiger partial charge in [0, 0.05) is 0 Å². The van der Waals surface area contributed by atoms with Gasteiger partial charge in [0.05, 0.1) is 5.57 Å². The Balaban J connectivity index is 4.46. The van der Waals surface area contributed by atoms with E-state index in [4.69, 9.17) is 5.11 Å². The predicted molar refractivity (Wildman–Crippen MR) is 59.2 cm³/mol. The zero-order valence-corrected chi connectivity index (χ0v) is 9.13. The third kappa shape index (κ3) is 4.65. The lowest BCUT2D eigenvalue weighted by molar-refractivity contribution is -0.132. The second kappa shape index (κ2) is 6.19. The predicted octanol–water partition coefficient (Wildman–Crippen LogP) is 3.32. The highest BCUT2D eigenvalue weighted by molar-refractivity contribution is 5.90. The molecular formula is C12H18O2. The van der Waals surface area contributed by atoms with Crippen LogP contribution in [-0.2, 0) is 4.79 Å². The van der Waals surface area contributed by atoms with Crippen LogP contribution in [0.15, 0.2) is 35.5 Å². The zero-order chi connectivity index (χ0) is 11.1. The van der Waals surface area contributed by atoms with Crippen molar-refractivity contribution in [3.8, 4) is 0 Å². The first-order chi connectivity index (χ1) is 6.49. The molecule has 0 heterocycles. The molecule has 0 atom stereocenters. The van der Waals surface area contributed by atoms with Crippen LogP contribution in [0.5, 0.6) is 0 Å². The summed E-state index contributed by atoms with van der Waals surface area (Å²) in [5.41, 5.74) is 2.11. The molecule has 0 rings (SSSR count). The second-order valence-electron chi connectivity index (χ2n) is 3.40. The average molecular weight is 194 g/mol. The van der Waals surface area contributed by atoms with Crippen molar-refractivity contribution in [2.45, 2.75) is 33.6 Å². The van der Waals surface area contributed by atoms with Crippen molar-refractivity contribution in [3.05, 3.63) is 35.5 Å². The fraction of sp³-hybridized carbons (Fsp3) is 0.417. The Labute approximate surface area is 85.6 Å². The van der Waals surface area contributed by atoms with E-state index < -0.39 is 5.97 Å². The van der Waals surface area contributed by atoms with E-state index in [0.29, 0.717) is 5.57 Å². The van der Waals surface area contributed by atoms with E-state index >= 15 is 0 Å². The molecule has 78 valence electrons. The van der Waals surface area contributed by atoms with Gasteiger partial charge in [0.25, 0.3) is 0 Å². The van der Waals surface area contributed by atoms with Crippen molar-refractivity contribution in [1.29, 1.82) is 0 Å². The third-order valence-electron chi connectivity index (χ3n) is 2.00. The number of carbonyl (C=O) groups is 1. The van der Waals surface area contributed by atoms with E-state index in [1.807, 2.05) is 13.0 Å². The molecular weight excluding hydrogens is 176 g/mol. The van der Waals surface area contributed by atoms with Gasteiger partial charge >= 0.3 is 5.97 Å². The third-order valence-corrected chi connectivity index (χ3v) is 2.00. The minimum Gasteiger partial charge on any atom is -0.478 e. The van der Waals surface area contributed by atoms with Gasteiger partial charge in [-0.3, -0.25) is 0 Å². The van der Waals surface area contributed by atoms with Gasteiger partial charge in [-0.05, 0) is 25.8 Å². The Kier molecular flexibility index (Phi) is 5.61. The van der Waals surface area contributed by atoms with Crippen molar-refractivity contribution in [2.24, 2.45) is 0 Å². The maximum absolute atomic E-state index is 10.6. The van der Waals surface area contributed by atoms with Crippen LogP contribution in [0.1, 0.15) is 33.6 Å². The maximum Gasteiger partial charge on any atom is 0.335 e. The van der Waals surface area contributed by atoms with Crippen LogP contribution < -0.4 is 0 Å². The summed E-state index contributed by atoms with van der Waals surface area (Å²) in [7, 11) is 0. The monoisotopic (exact) mass is 194 g/mol. The van der Waals surface area contributed by atoms with E-state index in [1.165, 1.54) is 5.57 Å². The molecule has 0 saturated heterocycles. The summed E-state index contributed by atoms with van der Waals surface area (Å²) in [4.78, 5) is 10.6. The summed E-state index contributed by atoms with van der Waals surface area (Å²) in [6.45, 7) is 9.39. The SMILES string of the molecule is C=C(C(=O)O)/C(C)=C\C=C(\C)CCC. The summed E-state index contributed by atoms with van der Waals surface area (Å²) < 4.78 is 0. The number of hydrogen-bond donors (Lipinski definition) is 1. The van der Waals surface area contributed by atoms with Crippen molar-refractivity contribution in [3.63, 3.8) is 0 Å². The molecule has 0 amide bonds. The van der Waals surface area contributed by atoms with Crippen LogP contribution in [0.2, 0.25) is 0 Å². The van der Waals surface area contributed by atoms with Gasteiger partial charge in [-0.1, -0.05) is 37.6 Å². The molecule has 0 unspecified atom stereocenters. The molecule has 0 fully saturated rings. The Morgan fingerprint density at radius 2 is 1.93 bits per heavy atom. The molecule has 0 radical (unpaired) electrons. The highest BCUT2D eigenvalue weighted by Gasteiger charge is 2.04. The molecule has 0 spiro atoms. The van der Waals surface area contributed by atoms with Crippen molar-refractivity contribution in [2.75, 3.05) is 0 Å². The minimum atomic E-state index is -0.958. The lowest BCUT2D eigenvalue weighted by Crippen LogP contribution is -1.99. The first-order valence-electron chi connectivity index (χ1n) is 4.75. The standard InChI is InChI=1S/C12H18O2/c1-5-6-9(2)7-8-10(3)11(4)12(13)14/h7-8H,4-6H2,1-3H3,(H,13,14)/b9-7-,10-8-. The lowest BCUT2D eigenvalue weighted by atomic mass is 10.1. The number of allylic oxidation sites excluding steroid dienone is 3. The van der Waals surface area contributed by atoms with Gasteiger partial charge in [0.1, 0.15) is 0 Å². The van der Waals surface area contributed by atoms with Gasteiger partial charge < -0.3 is 5.11 Å². The largest absolute Gasteiger partial charge is 0.478 e. The number of rotatable bonds is 5. The summed E-state index contributed by atoms with van der Waals surface area (Å²) in [5.74, 6) is -0.958. The van der Waals surface area contributed by atoms with Crippen LogP contribution in [-0.4, -0.2) is 11.1 Å². The molecule has 0 aliphatic carbocycles. The minimum absolute atomic E-state index is 0.158. The first-order valence-corrected chi connectivity index (χ1v) is 4.75. The summed E-state index contributed by atoms with van der Waals surface area (Å²) in [6.07, 6.45) is 5.91. The molecule has 2 nitrogen and oxygen atoms in total. The Morgan fingerprint density at radius 1 is 1.36 bits per heavy atom. The molecule has 0 aliphatic rings. The maximum atomic E-state index is 10.6. The molecule has 0 aliphatic heterocycles. The van der Waals surface area contributed by atoms with Crippen LogP contribution >= 0.6 is 0 Å². The number of carboxylic acid groups (broad SMARTS) is 1. The van der Waals surface area contributed by atoms with Gasteiger partial charge in [0.15, 0.2) is 0 Å². The van der Waals surface area contributed by atoms with Gasteiger partial charge in [-0.15, -0.1) is 0 Å². The van der Waals surface area contributed by atoms with E-state index in [9.17, 15) is 4.79 Å². The normalized spacial score (nSPS) is 12.8. The molecule has 0 saturated carbocycles.